The smallest absolute Gasteiger partial charge is 0.336 e. The molecule has 0 fully saturated rings. The van der Waals surface area contributed by atoms with Crippen molar-refractivity contribution in [2.75, 3.05) is 7.11 Å². The van der Waals surface area contributed by atoms with Gasteiger partial charge in [-0.2, -0.15) is 0 Å². The molecule has 7 heteroatoms. The van der Waals surface area contributed by atoms with Gasteiger partial charge in [0.25, 0.3) is 0 Å². The van der Waals surface area contributed by atoms with Crippen molar-refractivity contribution < 1.29 is 14.3 Å². The summed E-state index contributed by atoms with van der Waals surface area (Å²) < 4.78 is 5.04. The first kappa shape index (κ1) is 21.9. The molecular weight excluding hydrogens is 457 g/mol. The Hall–Kier alpha value is -2.27. The quantitative estimate of drug-likeness (QED) is 0.537. The van der Waals surface area contributed by atoms with Gasteiger partial charge in [0.2, 0.25) is 0 Å². The third-order valence-corrected chi connectivity index (χ3v) is 6.66. The number of hydrogen-bond acceptors (Lipinski definition) is 4. The maximum atomic E-state index is 13.4. The zero-order chi connectivity index (χ0) is 22.3. The molecule has 0 amide bonds. The zero-order valence-corrected chi connectivity index (χ0v) is 19.2. The minimum Gasteiger partial charge on any atom is -0.466 e. The molecule has 160 valence electrons. The summed E-state index contributed by atoms with van der Waals surface area (Å²) in [4.78, 5) is 26.1. The molecule has 0 unspecified atom stereocenters. The number of ether oxygens (including phenoxy) is 1. The second-order valence-corrected chi connectivity index (χ2v) is 9.01. The normalized spacial score (nSPS) is 21.0. The molecule has 1 N–H and O–H groups in total. The van der Waals surface area contributed by atoms with E-state index in [1.54, 1.807) is 18.2 Å². The Balaban J connectivity index is 1.83. The number of dihydropyridines is 1. The van der Waals surface area contributed by atoms with E-state index in [1.807, 2.05) is 31.2 Å². The van der Waals surface area contributed by atoms with Crippen molar-refractivity contribution in [2.24, 2.45) is 0 Å². The predicted octanol–water partition coefficient (Wildman–Crippen LogP) is 6.18. The van der Waals surface area contributed by atoms with Crippen molar-refractivity contribution in [1.29, 1.82) is 0 Å². The highest BCUT2D eigenvalue weighted by Gasteiger charge is 2.42. The van der Waals surface area contributed by atoms with Crippen LogP contribution in [0.4, 0.5) is 0 Å². The van der Waals surface area contributed by atoms with Gasteiger partial charge in [0, 0.05) is 44.4 Å². The van der Waals surface area contributed by atoms with Crippen molar-refractivity contribution in [3.8, 4) is 0 Å². The SMILES string of the molecule is COC(=O)C1=C(C)NC2=C(C(=O)C[C@@H](c3ccc(Cl)cc3)C2)[C@H]1c1ccc(Cl)cc1Cl. The van der Waals surface area contributed by atoms with E-state index in [-0.39, 0.29) is 11.7 Å². The largest absolute Gasteiger partial charge is 0.466 e. The molecule has 31 heavy (non-hydrogen) atoms. The van der Waals surface area contributed by atoms with E-state index in [2.05, 4.69) is 5.32 Å². The van der Waals surface area contributed by atoms with E-state index in [0.717, 1.165) is 11.3 Å². The first-order valence-corrected chi connectivity index (χ1v) is 11.0. The average Bonchev–Trinajstić information content (AvgIpc) is 2.73. The number of halogens is 3. The molecular formula is C24H20Cl3NO3. The van der Waals surface area contributed by atoms with Gasteiger partial charge >= 0.3 is 5.97 Å². The first-order valence-electron chi connectivity index (χ1n) is 9.83. The van der Waals surface area contributed by atoms with Gasteiger partial charge in [0.1, 0.15) is 0 Å². The molecule has 0 radical (unpaired) electrons. The van der Waals surface area contributed by atoms with Crippen LogP contribution in [0.5, 0.6) is 0 Å². The molecule has 1 aliphatic carbocycles. The van der Waals surface area contributed by atoms with Crippen LogP contribution in [-0.2, 0) is 14.3 Å². The van der Waals surface area contributed by atoms with E-state index in [9.17, 15) is 9.59 Å². The van der Waals surface area contributed by atoms with Gasteiger partial charge in [0.15, 0.2) is 5.78 Å². The van der Waals surface area contributed by atoms with Crippen LogP contribution in [-0.4, -0.2) is 18.9 Å². The van der Waals surface area contributed by atoms with Crippen LogP contribution >= 0.6 is 34.8 Å². The Morgan fingerprint density at radius 2 is 1.71 bits per heavy atom. The summed E-state index contributed by atoms with van der Waals surface area (Å²) in [5.74, 6) is -1.13. The minimum atomic E-state index is -0.618. The number of esters is 1. The van der Waals surface area contributed by atoms with Crippen LogP contribution < -0.4 is 5.32 Å². The number of methoxy groups -OCH3 is 1. The van der Waals surface area contributed by atoms with Crippen molar-refractivity contribution in [2.45, 2.75) is 31.6 Å². The van der Waals surface area contributed by atoms with E-state index in [1.165, 1.54) is 7.11 Å². The first-order chi connectivity index (χ1) is 14.8. The highest BCUT2D eigenvalue weighted by Crippen LogP contribution is 2.47. The van der Waals surface area contributed by atoms with Crippen LogP contribution in [0.15, 0.2) is 65.0 Å². The maximum absolute atomic E-state index is 13.4. The summed E-state index contributed by atoms with van der Waals surface area (Å²) in [6.07, 6.45) is 0.966. The van der Waals surface area contributed by atoms with Gasteiger partial charge in [-0.25, -0.2) is 4.79 Å². The number of benzene rings is 2. The molecule has 0 spiro atoms. The number of Topliss-reactive ketones (excluding diaryl/α,β-unsaturated/α-hetero) is 1. The Morgan fingerprint density at radius 3 is 2.35 bits per heavy atom. The fourth-order valence-corrected chi connectivity index (χ4v) is 5.08. The van der Waals surface area contributed by atoms with Crippen molar-refractivity contribution in [3.05, 3.63) is 91.2 Å². The van der Waals surface area contributed by atoms with Gasteiger partial charge in [-0.3, -0.25) is 4.79 Å². The minimum absolute atomic E-state index is 0.0184. The van der Waals surface area contributed by atoms with Crippen LogP contribution in [0.25, 0.3) is 0 Å². The van der Waals surface area contributed by atoms with Gasteiger partial charge in [-0.05, 0) is 54.7 Å². The van der Waals surface area contributed by atoms with Gasteiger partial charge in [0.05, 0.1) is 12.7 Å². The summed E-state index contributed by atoms with van der Waals surface area (Å²) in [5, 5.41) is 4.83. The lowest BCUT2D eigenvalue weighted by molar-refractivity contribution is -0.136. The zero-order valence-electron chi connectivity index (χ0n) is 17.0. The molecule has 2 aliphatic rings. The van der Waals surface area contributed by atoms with Gasteiger partial charge in [-0.15, -0.1) is 0 Å². The van der Waals surface area contributed by atoms with Gasteiger partial charge in [-0.1, -0.05) is 53.0 Å². The van der Waals surface area contributed by atoms with Crippen LogP contribution in [0.2, 0.25) is 15.1 Å². The monoisotopic (exact) mass is 475 g/mol. The summed E-state index contributed by atoms with van der Waals surface area (Å²) >= 11 is 18.6. The fourth-order valence-electron chi connectivity index (χ4n) is 4.44. The number of hydrogen-bond donors (Lipinski definition) is 1. The number of ketones is 1. The van der Waals surface area contributed by atoms with Crippen molar-refractivity contribution in [1.82, 2.24) is 5.32 Å². The molecule has 0 saturated carbocycles. The Morgan fingerprint density at radius 1 is 1.03 bits per heavy atom. The molecule has 0 saturated heterocycles. The number of rotatable bonds is 3. The van der Waals surface area contributed by atoms with E-state index in [4.69, 9.17) is 39.5 Å². The highest BCUT2D eigenvalue weighted by atomic mass is 35.5. The molecule has 2 aromatic rings. The molecule has 1 aliphatic heterocycles. The number of nitrogens with one attached hydrogen (secondary N) is 1. The number of carbonyl (C=O) groups is 2. The third-order valence-electron chi connectivity index (χ3n) is 5.85. The van der Waals surface area contributed by atoms with Gasteiger partial charge < -0.3 is 10.1 Å². The molecule has 4 rings (SSSR count). The van der Waals surface area contributed by atoms with Crippen molar-refractivity contribution in [3.63, 3.8) is 0 Å². The summed E-state index contributed by atoms with van der Waals surface area (Å²) in [6.45, 7) is 1.81. The van der Waals surface area contributed by atoms with Crippen LogP contribution in [0.1, 0.15) is 42.7 Å². The van der Waals surface area contributed by atoms with Crippen LogP contribution in [0, 0.1) is 0 Å². The van der Waals surface area contributed by atoms with E-state index in [0.29, 0.717) is 50.3 Å². The molecule has 0 bridgehead atoms. The molecule has 4 nitrogen and oxygen atoms in total. The Bertz CT molecular complexity index is 1140. The van der Waals surface area contributed by atoms with E-state index >= 15 is 0 Å². The fraction of sp³-hybridized carbons (Fsp3) is 0.250. The average molecular weight is 477 g/mol. The topological polar surface area (TPSA) is 55.4 Å². The highest BCUT2D eigenvalue weighted by molar-refractivity contribution is 6.35. The summed E-state index contributed by atoms with van der Waals surface area (Å²) in [7, 11) is 1.33. The number of carbonyl (C=O) groups excluding carboxylic acids is 2. The third kappa shape index (κ3) is 4.12. The molecule has 0 aromatic heterocycles. The predicted molar refractivity (Wildman–Crippen MR) is 123 cm³/mol. The number of allylic oxidation sites excluding steroid dienone is 3. The molecule has 2 atom stereocenters. The molecule has 2 aromatic carbocycles. The molecule has 1 heterocycles. The Kier molecular flexibility index (Phi) is 6.16. The van der Waals surface area contributed by atoms with E-state index < -0.39 is 11.9 Å². The summed E-state index contributed by atoms with van der Waals surface area (Å²) in [6, 6.07) is 12.6. The maximum Gasteiger partial charge on any atom is 0.336 e. The standard InChI is InChI=1S/C24H20Cl3NO3/c1-12-21(24(30)31-2)22(17-8-7-16(26)11-18(17)27)23-19(28-12)9-14(10-20(23)29)13-3-5-15(25)6-4-13/h3-8,11,14,22,28H,9-10H2,1-2H3/t14-,22-/m0/s1. The Labute approximate surface area is 195 Å². The van der Waals surface area contributed by atoms with Crippen LogP contribution in [0.3, 0.4) is 0 Å². The summed E-state index contributed by atoms with van der Waals surface area (Å²) in [5.41, 5.74) is 4.08. The second kappa shape index (κ2) is 8.70. The van der Waals surface area contributed by atoms with Crippen molar-refractivity contribution >= 4 is 46.6 Å². The lowest BCUT2D eigenvalue weighted by Crippen LogP contribution is -2.36. The lowest BCUT2D eigenvalue weighted by Gasteiger charge is -2.37. The second-order valence-electron chi connectivity index (χ2n) is 7.73. The lowest BCUT2D eigenvalue weighted by atomic mass is 9.71.